The Bertz CT molecular complexity index is 332. The quantitative estimate of drug-likeness (QED) is 0.618. The molecule has 0 aliphatic carbocycles. The lowest BCUT2D eigenvalue weighted by atomic mass is 9.98. The second kappa shape index (κ2) is 9.44. The lowest BCUT2D eigenvalue weighted by Gasteiger charge is -2.20. The Balaban J connectivity index is 2.60. The first kappa shape index (κ1) is 16.6. The van der Waals surface area contributed by atoms with Gasteiger partial charge in [0.25, 0.3) is 0 Å². The second-order valence-corrected chi connectivity index (χ2v) is 6.48. The molecule has 1 unspecified atom stereocenters. The lowest BCUT2D eigenvalue weighted by Crippen LogP contribution is -2.22. The molecule has 0 spiro atoms. The van der Waals surface area contributed by atoms with Gasteiger partial charge < -0.3 is 5.32 Å². The Hall–Kier alpha value is -0.470. The van der Waals surface area contributed by atoms with Crippen LogP contribution in [0.3, 0.4) is 0 Å². The molecule has 19 heavy (non-hydrogen) atoms. The molecule has 1 aromatic carbocycles. The molecule has 0 heterocycles. The zero-order valence-electron chi connectivity index (χ0n) is 12.9. The minimum Gasteiger partial charge on any atom is -0.310 e. The predicted octanol–water partition coefficient (Wildman–Crippen LogP) is 5.28. The van der Waals surface area contributed by atoms with Crippen LogP contribution in [-0.2, 0) is 0 Å². The zero-order chi connectivity index (χ0) is 14.1. The van der Waals surface area contributed by atoms with E-state index in [2.05, 4.69) is 56.6 Å². The summed E-state index contributed by atoms with van der Waals surface area (Å²) in [6.07, 6.45) is 7.21. The first-order valence-corrected chi connectivity index (χ1v) is 8.77. The molecule has 0 radical (unpaired) electrons. The molecule has 1 N–H and O–H groups in total. The average Bonchev–Trinajstić information content (AvgIpc) is 2.42. The maximum Gasteiger partial charge on any atom is 0.0320 e. The first-order valence-electron chi connectivity index (χ1n) is 7.54. The number of hydrogen-bond donors (Lipinski definition) is 1. The van der Waals surface area contributed by atoms with Gasteiger partial charge >= 0.3 is 0 Å². The first-order chi connectivity index (χ1) is 9.17. The highest BCUT2D eigenvalue weighted by atomic mass is 32.2. The topological polar surface area (TPSA) is 12.0 Å². The van der Waals surface area contributed by atoms with Crippen LogP contribution in [0.2, 0.25) is 0 Å². The summed E-state index contributed by atoms with van der Waals surface area (Å²) >= 11 is 1.81. The Morgan fingerprint density at radius 1 is 1.11 bits per heavy atom. The second-order valence-electron chi connectivity index (χ2n) is 5.60. The number of thioether (sulfide) groups is 1. The van der Waals surface area contributed by atoms with Gasteiger partial charge in [-0.25, -0.2) is 0 Å². The van der Waals surface area contributed by atoms with Crippen LogP contribution in [0.25, 0.3) is 0 Å². The minimum absolute atomic E-state index is 0.523. The van der Waals surface area contributed by atoms with Gasteiger partial charge in [-0.1, -0.05) is 45.7 Å². The van der Waals surface area contributed by atoms with Crippen LogP contribution in [0, 0.1) is 5.92 Å². The average molecular weight is 279 g/mol. The predicted molar refractivity (Wildman–Crippen MR) is 87.9 cm³/mol. The molecule has 0 bridgehead atoms. The van der Waals surface area contributed by atoms with Crippen molar-refractivity contribution in [2.24, 2.45) is 5.92 Å². The zero-order valence-corrected chi connectivity index (χ0v) is 13.7. The van der Waals surface area contributed by atoms with Crippen LogP contribution in [0.5, 0.6) is 0 Å². The van der Waals surface area contributed by atoms with E-state index < -0.39 is 0 Å². The van der Waals surface area contributed by atoms with Gasteiger partial charge in [-0.15, -0.1) is 11.8 Å². The van der Waals surface area contributed by atoms with Gasteiger partial charge in [-0.05, 0) is 49.3 Å². The van der Waals surface area contributed by atoms with Gasteiger partial charge in [0.1, 0.15) is 0 Å². The standard InChI is InChI=1S/C17H29NS/c1-5-13-18-17(8-6-7-14(2)3)15-9-11-16(19-4)12-10-15/h9-12,14,17-18H,5-8,13H2,1-4H3. The van der Waals surface area contributed by atoms with Crippen molar-refractivity contribution in [3.63, 3.8) is 0 Å². The fourth-order valence-corrected chi connectivity index (χ4v) is 2.68. The van der Waals surface area contributed by atoms with Crippen LogP contribution >= 0.6 is 11.8 Å². The van der Waals surface area contributed by atoms with Gasteiger partial charge in [0.05, 0.1) is 0 Å². The molecule has 1 atom stereocenters. The summed E-state index contributed by atoms with van der Waals surface area (Å²) in [5.41, 5.74) is 1.44. The summed E-state index contributed by atoms with van der Waals surface area (Å²) in [6, 6.07) is 9.57. The van der Waals surface area contributed by atoms with E-state index in [1.807, 2.05) is 11.8 Å². The summed E-state index contributed by atoms with van der Waals surface area (Å²) in [5, 5.41) is 3.69. The SMILES string of the molecule is CCCNC(CCCC(C)C)c1ccc(SC)cc1. The van der Waals surface area contributed by atoms with Gasteiger partial charge in [0, 0.05) is 10.9 Å². The van der Waals surface area contributed by atoms with Crippen LogP contribution in [0.1, 0.15) is 58.1 Å². The molecule has 0 aliphatic heterocycles. The molecule has 0 saturated heterocycles. The van der Waals surface area contributed by atoms with Crippen molar-refractivity contribution in [1.29, 1.82) is 0 Å². The van der Waals surface area contributed by atoms with Crippen LogP contribution in [-0.4, -0.2) is 12.8 Å². The maximum absolute atomic E-state index is 3.69. The third kappa shape index (κ3) is 6.49. The molecule has 0 amide bonds. The third-order valence-corrected chi connectivity index (χ3v) is 4.18. The Morgan fingerprint density at radius 3 is 2.32 bits per heavy atom. The lowest BCUT2D eigenvalue weighted by molar-refractivity contribution is 0.447. The number of rotatable bonds is 9. The van der Waals surface area contributed by atoms with Crippen molar-refractivity contribution >= 4 is 11.8 Å². The van der Waals surface area contributed by atoms with Gasteiger partial charge in [-0.3, -0.25) is 0 Å². The number of benzene rings is 1. The van der Waals surface area contributed by atoms with Crippen molar-refractivity contribution in [2.75, 3.05) is 12.8 Å². The van der Waals surface area contributed by atoms with E-state index in [9.17, 15) is 0 Å². The molecule has 0 saturated carbocycles. The summed E-state index contributed by atoms with van der Waals surface area (Å²) in [4.78, 5) is 1.35. The molecule has 1 nitrogen and oxygen atoms in total. The summed E-state index contributed by atoms with van der Waals surface area (Å²) in [7, 11) is 0. The van der Waals surface area contributed by atoms with Crippen molar-refractivity contribution in [3.05, 3.63) is 29.8 Å². The van der Waals surface area contributed by atoms with Crippen molar-refractivity contribution < 1.29 is 0 Å². The molecule has 0 fully saturated rings. The molecule has 108 valence electrons. The van der Waals surface area contributed by atoms with E-state index in [4.69, 9.17) is 0 Å². The molecule has 0 aliphatic rings. The van der Waals surface area contributed by atoms with Gasteiger partial charge in [0.15, 0.2) is 0 Å². The maximum atomic E-state index is 3.69. The van der Waals surface area contributed by atoms with E-state index in [-0.39, 0.29) is 0 Å². The smallest absolute Gasteiger partial charge is 0.0320 e. The van der Waals surface area contributed by atoms with Crippen LogP contribution in [0.15, 0.2) is 29.2 Å². The van der Waals surface area contributed by atoms with E-state index in [0.29, 0.717) is 6.04 Å². The highest BCUT2D eigenvalue weighted by Crippen LogP contribution is 2.23. The Labute approximate surface area is 123 Å². The van der Waals surface area contributed by atoms with E-state index in [1.165, 1.54) is 36.1 Å². The van der Waals surface area contributed by atoms with E-state index in [1.54, 1.807) is 0 Å². The van der Waals surface area contributed by atoms with E-state index in [0.717, 1.165) is 12.5 Å². The van der Waals surface area contributed by atoms with Gasteiger partial charge in [-0.2, -0.15) is 0 Å². The van der Waals surface area contributed by atoms with E-state index >= 15 is 0 Å². The Kier molecular flexibility index (Phi) is 8.24. The molecule has 2 heteroatoms. The van der Waals surface area contributed by atoms with Crippen molar-refractivity contribution in [3.8, 4) is 0 Å². The normalized spacial score (nSPS) is 12.9. The number of hydrogen-bond acceptors (Lipinski definition) is 2. The van der Waals surface area contributed by atoms with Crippen molar-refractivity contribution in [1.82, 2.24) is 5.32 Å². The molecule has 1 aromatic rings. The fourth-order valence-electron chi connectivity index (χ4n) is 2.27. The third-order valence-electron chi connectivity index (χ3n) is 3.43. The van der Waals surface area contributed by atoms with Gasteiger partial charge in [0.2, 0.25) is 0 Å². The highest BCUT2D eigenvalue weighted by Gasteiger charge is 2.10. The molecular formula is C17H29NS. The fraction of sp³-hybridized carbons (Fsp3) is 0.647. The van der Waals surface area contributed by atoms with Crippen LogP contribution in [0.4, 0.5) is 0 Å². The summed E-state index contributed by atoms with van der Waals surface area (Å²) < 4.78 is 0. The molecule has 0 aromatic heterocycles. The summed E-state index contributed by atoms with van der Waals surface area (Å²) in [6.45, 7) is 7.95. The number of nitrogens with one attached hydrogen (secondary N) is 1. The highest BCUT2D eigenvalue weighted by molar-refractivity contribution is 7.98. The molecular weight excluding hydrogens is 250 g/mol. The largest absolute Gasteiger partial charge is 0.310 e. The monoisotopic (exact) mass is 279 g/mol. The minimum atomic E-state index is 0.523. The van der Waals surface area contributed by atoms with Crippen molar-refractivity contribution in [2.45, 2.75) is 57.4 Å². The van der Waals surface area contributed by atoms with Crippen LogP contribution < -0.4 is 5.32 Å². The summed E-state index contributed by atoms with van der Waals surface area (Å²) in [5.74, 6) is 0.811. The molecule has 1 rings (SSSR count). The Morgan fingerprint density at radius 2 is 1.79 bits per heavy atom.